The molecular formula is C9H6Cl2N2O2. The second-order valence-corrected chi connectivity index (χ2v) is 3.38. The third-order valence-corrected chi connectivity index (χ3v) is 2.03. The first-order valence-corrected chi connectivity index (χ1v) is 4.98. The number of rotatable bonds is 3. The van der Waals surface area contributed by atoms with Crippen LogP contribution in [0.2, 0.25) is 5.02 Å². The van der Waals surface area contributed by atoms with Gasteiger partial charge < -0.3 is 9.15 Å². The predicted molar refractivity (Wildman–Crippen MR) is 55.4 cm³/mol. The highest BCUT2D eigenvalue weighted by Gasteiger charge is 2.05. The summed E-state index contributed by atoms with van der Waals surface area (Å²) in [6.07, 6.45) is 4.57. The second kappa shape index (κ2) is 4.51. The molecule has 2 heterocycles. The number of hydrogen-bond donors (Lipinski definition) is 0. The van der Waals surface area contributed by atoms with Crippen molar-refractivity contribution in [2.45, 2.75) is 5.88 Å². The van der Waals surface area contributed by atoms with E-state index in [1.54, 1.807) is 6.07 Å². The Morgan fingerprint density at radius 1 is 1.40 bits per heavy atom. The van der Waals surface area contributed by atoms with E-state index in [1.165, 1.54) is 18.7 Å². The van der Waals surface area contributed by atoms with Crippen molar-refractivity contribution in [3.8, 4) is 11.8 Å². The van der Waals surface area contributed by atoms with E-state index < -0.39 is 0 Å². The molecule has 0 aliphatic rings. The lowest BCUT2D eigenvalue weighted by Crippen LogP contribution is -1.85. The Morgan fingerprint density at radius 2 is 2.27 bits per heavy atom. The summed E-state index contributed by atoms with van der Waals surface area (Å²) in [5.74, 6) is 0.742. The standard InChI is InChI=1S/C9H6Cl2N2O2/c10-2-7-5-14-9(13-7)15-8-1-6(11)3-12-4-8/h1,3-5H,2H2. The van der Waals surface area contributed by atoms with Crippen molar-refractivity contribution in [3.05, 3.63) is 35.4 Å². The molecule has 0 aliphatic heterocycles. The van der Waals surface area contributed by atoms with E-state index in [1.807, 2.05) is 0 Å². The lowest BCUT2D eigenvalue weighted by molar-refractivity contribution is 0.330. The number of oxazole rings is 1. The molecule has 0 unspecified atom stereocenters. The van der Waals surface area contributed by atoms with Crippen molar-refractivity contribution < 1.29 is 9.15 Å². The molecule has 0 saturated carbocycles. The molecule has 6 heteroatoms. The molecule has 78 valence electrons. The van der Waals surface area contributed by atoms with E-state index in [4.69, 9.17) is 32.4 Å². The lowest BCUT2D eigenvalue weighted by Gasteiger charge is -1.98. The predicted octanol–water partition coefficient (Wildman–Crippen LogP) is 3.25. The molecular weight excluding hydrogens is 239 g/mol. The number of nitrogens with zero attached hydrogens (tertiary/aromatic N) is 2. The topological polar surface area (TPSA) is 48.2 Å². The Balaban J connectivity index is 2.14. The molecule has 0 amide bonds. The van der Waals surface area contributed by atoms with Gasteiger partial charge in [-0.2, -0.15) is 4.98 Å². The molecule has 2 aromatic heterocycles. The van der Waals surface area contributed by atoms with E-state index in [-0.39, 0.29) is 12.0 Å². The zero-order chi connectivity index (χ0) is 10.7. The van der Waals surface area contributed by atoms with Gasteiger partial charge in [-0.05, 0) is 0 Å². The molecule has 0 aliphatic carbocycles. The van der Waals surface area contributed by atoms with Crippen LogP contribution in [0.1, 0.15) is 5.69 Å². The van der Waals surface area contributed by atoms with Gasteiger partial charge in [0.25, 0.3) is 0 Å². The van der Waals surface area contributed by atoms with E-state index in [0.717, 1.165) is 0 Å². The highest BCUT2D eigenvalue weighted by molar-refractivity contribution is 6.30. The maximum Gasteiger partial charge on any atom is 0.399 e. The molecule has 2 aromatic rings. The quantitative estimate of drug-likeness (QED) is 0.778. The molecule has 0 saturated heterocycles. The SMILES string of the molecule is ClCc1coc(Oc2cncc(Cl)c2)n1. The van der Waals surface area contributed by atoms with E-state index >= 15 is 0 Å². The Labute approximate surface area is 95.8 Å². The molecule has 4 nitrogen and oxygen atoms in total. The summed E-state index contributed by atoms with van der Waals surface area (Å²) < 4.78 is 10.3. The Morgan fingerprint density at radius 3 is 2.93 bits per heavy atom. The first-order valence-electron chi connectivity index (χ1n) is 4.06. The molecule has 0 atom stereocenters. The number of aromatic nitrogens is 2. The van der Waals surface area contributed by atoms with Gasteiger partial charge in [-0.1, -0.05) is 11.6 Å². The fraction of sp³-hybridized carbons (Fsp3) is 0.111. The molecule has 0 radical (unpaired) electrons. The van der Waals surface area contributed by atoms with Crippen LogP contribution in [0.25, 0.3) is 0 Å². The van der Waals surface area contributed by atoms with Crippen molar-refractivity contribution >= 4 is 23.2 Å². The summed E-state index contributed by atoms with van der Waals surface area (Å²) in [6, 6.07) is 1.61. The van der Waals surface area contributed by atoms with Crippen molar-refractivity contribution in [1.29, 1.82) is 0 Å². The van der Waals surface area contributed by atoms with Gasteiger partial charge in [0.1, 0.15) is 6.26 Å². The number of alkyl halides is 1. The maximum atomic E-state index is 5.73. The molecule has 0 aromatic carbocycles. The third kappa shape index (κ3) is 2.61. The summed E-state index contributed by atoms with van der Waals surface area (Å²) in [6.45, 7) is 0. The average molecular weight is 245 g/mol. The number of ether oxygens (including phenoxy) is 1. The van der Waals surface area contributed by atoms with E-state index in [2.05, 4.69) is 9.97 Å². The van der Waals surface area contributed by atoms with Crippen molar-refractivity contribution in [3.63, 3.8) is 0 Å². The van der Waals surface area contributed by atoms with Gasteiger partial charge in [-0.25, -0.2) is 0 Å². The summed E-state index contributed by atoms with van der Waals surface area (Å²) >= 11 is 11.3. The first kappa shape index (κ1) is 10.3. The number of halogens is 2. The second-order valence-electron chi connectivity index (χ2n) is 2.68. The minimum Gasteiger partial charge on any atom is -0.417 e. The summed E-state index contributed by atoms with van der Waals surface area (Å²) in [5.41, 5.74) is 0.613. The van der Waals surface area contributed by atoms with Crippen molar-refractivity contribution in [2.75, 3.05) is 0 Å². The van der Waals surface area contributed by atoms with Gasteiger partial charge in [-0.15, -0.1) is 11.6 Å². The van der Waals surface area contributed by atoms with Crippen LogP contribution in [-0.2, 0) is 5.88 Å². The van der Waals surface area contributed by atoms with Crippen LogP contribution in [0.15, 0.2) is 29.1 Å². The van der Waals surface area contributed by atoms with Gasteiger partial charge in [0, 0.05) is 12.3 Å². The zero-order valence-electron chi connectivity index (χ0n) is 7.48. The fourth-order valence-corrected chi connectivity index (χ4v) is 1.23. The number of pyridine rings is 1. The first-order chi connectivity index (χ1) is 7.28. The van der Waals surface area contributed by atoms with E-state index in [9.17, 15) is 0 Å². The smallest absolute Gasteiger partial charge is 0.399 e. The average Bonchev–Trinajstić information content (AvgIpc) is 2.65. The normalized spacial score (nSPS) is 10.3. The number of hydrogen-bond acceptors (Lipinski definition) is 4. The van der Waals surface area contributed by atoms with E-state index in [0.29, 0.717) is 16.5 Å². The van der Waals surface area contributed by atoms with Gasteiger partial charge in [0.2, 0.25) is 0 Å². The van der Waals surface area contributed by atoms with Gasteiger partial charge >= 0.3 is 6.08 Å². The van der Waals surface area contributed by atoms with Crippen LogP contribution < -0.4 is 4.74 Å². The minimum atomic E-state index is 0.120. The van der Waals surface area contributed by atoms with Crippen LogP contribution in [-0.4, -0.2) is 9.97 Å². The molecule has 0 bridgehead atoms. The molecule has 0 N–H and O–H groups in total. The summed E-state index contributed by atoms with van der Waals surface area (Å²) in [5, 5.41) is 0.483. The van der Waals surface area contributed by atoms with Crippen LogP contribution >= 0.6 is 23.2 Å². The van der Waals surface area contributed by atoms with Crippen LogP contribution in [0.3, 0.4) is 0 Å². The highest BCUT2D eigenvalue weighted by atomic mass is 35.5. The monoisotopic (exact) mass is 244 g/mol. The van der Waals surface area contributed by atoms with Crippen molar-refractivity contribution in [2.24, 2.45) is 0 Å². The summed E-state index contributed by atoms with van der Waals surface area (Å²) in [4.78, 5) is 7.82. The minimum absolute atomic E-state index is 0.120. The van der Waals surface area contributed by atoms with Crippen LogP contribution in [0, 0.1) is 0 Å². The van der Waals surface area contributed by atoms with Crippen LogP contribution in [0.4, 0.5) is 0 Å². The third-order valence-electron chi connectivity index (χ3n) is 1.55. The lowest BCUT2D eigenvalue weighted by atomic mass is 10.5. The van der Waals surface area contributed by atoms with Crippen molar-refractivity contribution in [1.82, 2.24) is 9.97 Å². The molecule has 2 rings (SSSR count). The largest absolute Gasteiger partial charge is 0.417 e. The van der Waals surface area contributed by atoms with Crippen LogP contribution in [0.5, 0.6) is 11.8 Å². The Kier molecular flexibility index (Phi) is 3.08. The van der Waals surface area contributed by atoms with Gasteiger partial charge in [0.15, 0.2) is 5.75 Å². The van der Waals surface area contributed by atoms with Gasteiger partial charge in [-0.3, -0.25) is 4.98 Å². The zero-order valence-corrected chi connectivity index (χ0v) is 9.00. The molecule has 0 fully saturated rings. The maximum absolute atomic E-state index is 5.73. The summed E-state index contributed by atoms with van der Waals surface area (Å²) in [7, 11) is 0. The highest BCUT2D eigenvalue weighted by Crippen LogP contribution is 2.22. The van der Waals surface area contributed by atoms with Gasteiger partial charge in [0.05, 0.1) is 22.8 Å². The Hall–Kier alpha value is -1.26. The fourth-order valence-electron chi connectivity index (χ4n) is 0.946. The molecule has 15 heavy (non-hydrogen) atoms. The Bertz CT molecular complexity index is 459. The molecule has 0 spiro atoms.